The van der Waals surface area contributed by atoms with E-state index in [0.717, 1.165) is 6.54 Å². The first-order valence-electron chi connectivity index (χ1n) is 6.84. The molecular weight excluding hydrogens is 290 g/mol. The number of sulfonamides is 1. The van der Waals surface area contributed by atoms with Crippen molar-refractivity contribution in [2.45, 2.75) is 17.0 Å². The monoisotopic (exact) mass is 307 g/mol. The van der Waals surface area contributed by atoms with Crippen molar-refractivity contribution in [2.24, 2.45) is 0 Å². The second kappa shape index (κ2) is 5.39. The van der Waals surface area contributed by atoms with Crippen molar-refractivity contribution in [2.75, 3.05) is 33.3 Å². The summed E-state index contributed by atoms with van der Waals surface area (Å²) in [5.74, 6) is 0. The standard InChI is InChI=1S/C14H17N3O3S/c1-16-6-7-20-14-10-17(9-13(14)16)21(18,19)12-4-2-11(8-15)3-5-12/h2-5,13-14H,6-7,9-10H2,1H3/t13-,14+/m0/s1. The molecule has 112 valence electrons. The number of hydrogen-bond donors (Lipinski definition) is 0. The highest BCUT2D eigenvalue weighted by Crippen LogP contribution is 2.27. The van der Waals surface area contributed by atoms with Crippen LogP contribution >= 0.6 is 0 Å². The number of rotatable bonds is 2. The number of nitrogens with zero attached hydrogens (tertiary/aromatic N) is 3. The Labute approximate surface area is 124 Å². The van der Waals surface area contributed by atoms with Gasteiger partial charge >= 0.3 is 0 Å². The Bertz CT molecular complexity index is 666. The Balaban J connectivity index is 1.84. The predicted octanol–water partition coefficient (Wildman–Crippen LogP) is 0.262. The zero-order valence-electron chi connectivity index (χ0n) is 11.8. The zero-order valence-corrected chi connectivity index (χ0v) is 12.6. The molecule has 0 spiro atoms. The molecule has 6 nitrogen and oxygen atoms in total. The van der Waals surface area contributed by atoms with Crippen LogP contribution in [0.5, 0.6) is 0 Å². The Hall–Kier alpha value is -1.46. The van der Waals surface area contributed by atoms with Gasteiger partial charge in [0.15, 0.2) is 0 Å². The third-order valence-electron chi connectivity index (χ3n) is 4.17. The van der Waals surface area contributed by atoms with Crippen molar-refractivity contribution >= 4 is 10.0 Å². The maximum atomic E-state index is 12.7. The summed E-state index contributed by atoms with van der Waals surface area (Å²) in [6.07, 6.45) is -0.0584. The minimum Gasteiger partial charge on any atom is -0.374 e. The molecule has 2 atom stereocenters. The van der Waals surface area contributed by atoms with Gasteiger partial charge in [-0.3, -0.25) is 4.90 Å². The van der Waals surface area contributed by atoms with Crippen molar-refractivity contribution < 1.29 is 13.2 Å². The molecule has 0 aromatic heterocycles. The molecule has 2 heterocycles. The molecule has 21 heavy (non-hydrogen) atoms. The number of benzene rings is 1. The van der Waals surface area contributed by atoms with Gasteiger partial charge in [0, 0.05) is 19.6 Å². The van der Waals surface area contributed by atoms with Crippen LogP contribution < -0.4 is 0 Å². The van der Waals surface area contributed by atoms with Gasteiger partial charge in [-0.2, -0.15) is 9.57 Å². The summed E-state index contributed by atoms with van der Waals surface area (Å²) in [6, 6.07) is 8.13. The largest absolute Gasteiger partial charge is 0.374 e. The first-order chi connectivity index (χ1) is 10.0. The van der Waals surface area contributed by atoms with E-state index >= 15 is 0 Å². The van der Waals surface area contributed by atoms with Crippen LogP contribution in [0.3, 0.4) is 0 Å². The number of morpholine rings is 1. The summed E-state index contributed by atoms with van der Waals surface area (Å²) in [6.45, 7) is 2.30. The van der Waals surface area contributed by atoms with Crippen molar-refractivity contribution in [3.63, 3.8) is 0 Å². The van der Waals surface area contributed by atoms with Gasteiger partial charge in [-0.05, 0) is 31.3 Å². The molecule has 0 aliphatic carbocycles. The van der Waals surface area contributed by atoms with Crippen molar-refractivity contribution in [3.8, 4) is 6.07 Å². The van der Waals surface area contributed by atoms with Gasteiger partial charge in [-0.1, -0.05) is 0 Å². The van der Waals surface area contributed by atoms with E-state index in [9.17, 15) is 8.42 Å². The molecule has 7 heteroatoms. The van der Waals surface area contributed by atoms with E-state index in [1.807, 2.05) is 13.1 Å². The lowest BCUT2D eigenvalue weighted by Gasteiger charge is -2.33. The maximum Gasteiger partial charge on any atom is 0.243 e. The fourth-order valence-electron chi connectivity index (χ4n) is 2.87. The summed E-state index contributed by atoms with van der Waals surface area (Å²) in [5, 5.41) is 8.78. The van der Waals surface area contributed by atoms with E-state index in [1.165, 1.54) is 28.6 Å². The molecule has 0 amide bonds. The van der Waals surface area contributed by atoms with Crippen molar-refractivity contribution in [3.05, 3.63) is 29.8 Å². The lowest BCUT2D eigenvalue weighted by atomic mass is 10.1. The van der Waals surface area contributed by atoms with E-state index in [2.05, 4.69) is 4.90 Å². The van der Waals surface area contributed by atoms with Crippen LogP contribution in [-0.4, -0.2) is 63.1 Å². The first-order valence-corrected chi connectivity index (χ1v) is 8.28. The van der Waals surface area contributed by atoms with Gasteiger partial charge in [0.1, 0.15) is 0 Å². The van der Waals surface area contributed by atoms with Crippen molar-refractivity contribution in [1.82, 2.24) is 9.21 Å². The van der Waals surface area contributed by atoms with Crippen LogP contribution in [0.25, 0.3) is 0 Å². The fourth-order valence-corrected chi connectivity index (χ4v) is 4.34. The quantitative estimate of drug-likeness (QED) is 0.784. The number of hydrogen-bond acceptors (Lipinski definition) is 5. The van der Waals surface area contributed by atoms with Gasteiger partial charge in [-0.15, -0.1) is 0 Å². The summed E-state index contributed by atoms with van der Waals surface area (Å²) in [7, 11) is -1.53. The topological polar surface area (TPSA) is 73.6 Å². The van der Waals surface area contributed by atoms with E-state index < -0.39 is 10.0 Å². The van der Waals surface area contributed by atoms with E-state index in [-0.39, 0.29) is 17.0 Å². The normalized spacial score (nSPS) is 27.2. The van der Waals surface area contributed by atoms with Gasteiger partial charge < -0.3 is 4.74 Å². The molecule has 0 unspecified atom stereocenters. The van der Waals surface area contributed by atoms with Crippen LogP contribution in [0.4, 0.5) is 0 Å². The maximum absolute atomic E-state index is 12.7. The number of nitriles is 1. The highest BCUT2D eigenvalue weighted by atomic mass is 32.2. The van der Waals surface area contributed by atoms with Crippen LogP contribution in [0.15, 0.2) is 29.2 Å². The third kappa shape index (κ3) is 2.56. The second-order valence-electron chi connectivity index (χ2n) is 5.42. The van der Waals surface area contributed by atoms with Crippen LogP contribution in [0.2, 0.25) is 0 Å². The number of fused-ring (bicyclic) bond motifs is 1. The lowest BCUT2D eigenvalue weighted by Crippen LogP contribution is -2.48. The number of ether oxygens (including phenoxy) is 1. The van der Waals surface area contributed by atoms with Gasteiger partial charge in [-0.25, -0.2) is 8.42 Å². The average Bonchev–Trinajstić information content (AvgIpc) is 2.94. The minimum atomic E-state index is -3.53. The molecule has 2 fully saturated rings. The summed E-state index contributed by atoms with van der Waals surface area (Å²) in [5.41, 5.74) is 0.451. The smallest absolute Gasteiger partial charge is 0.243 e. The van der Waals surface area contributed by atoms with E-state index in [1.54, 1.807) is 0 Å². The Morgan fingerprint density at radius 1 is 1.29 bits per heavy atom. The first kappa shape index (κ1) is 14.5. The predicted molar refractivity (Wildman–Crippen MR) is 76.1 cm³/mol. The number of likely N-dealkylation sites (N-methyl/N-ethyl adjacent to an activating group) is 1. The van der Waals surface area contributed by atoms with E-state index in [4.69, 9.17) is 10.00 Å². The average molecular weight is 307 g/mol. The second-order valence-corrected chi connectivity index (χ2v) is 7.35. The zero-order chi connectivity index (χ0) is 15.0. The molecule has 2 aliphatic heterocycles. The molecule has 0 saturated carbocycles. The summed E-state index contributed by atoms with van der Waals surface area (Å²) in [4.78, 5) is 2.38. The lowest BCUT2D eigenvalue weighted by molar-refractivity contribution is -0.0366. The third-order valence-corrected chi connectivity index (χ3v) is 6.01. The summed E-state index contributed by atoms with van der Waals surface area (Å²) < 4.78 is 32.5. The molecule has 0 radical (unpaired) electrons. The highest BCUT2D eigenvalue weighted by molar-refractivity contribution is 7.89. The van der Waals surface area contributed by atoms with Crippen LogP contribution in [-0.2, 0) is 14.8 Å². The fraction of sp³-hybridized carbons (Fsp3) is 0.500. The highest BCUT2D eigenvalue weighted by Gasteiger charge is 2.43. The minimum absolute atomic E-state index is 0.0584. The van der Waals surface area contributed by atoms with Gasteiger partial charge in [0.25, 0.3) is 0 Å². The molecule has 1 aromatic rings. The molecule has 3 rings (SSSR count). The van der Waals surface area contributed by atoms with Crippen molar-refractivity contribution in [1.29, 1.82) is 5.26 Å². The Morgan fingerprint density at radius 2 is 2.00 bits per heavy atom. The molecule has 1 aromatic carbocycles. The van der Waals surface area contributed by atoms with E-state index in [0.29, 0.717) is 25.3 Å². The summed E-state index contributed by atoms with van der Waals surface area (Å²) >= 11 is 0. The molecule has 0 N–H and O–H groups in total. The molecular formula is C14H17N3O3S. The molecule has 2 aliphatic rings. The Morgan fingerprint density at radius 3 is 2.62 bits per heavy atom. The van der Waals surface area contributed by atoms with Crippen LogP contribution in [0.1, 0.15) is 5.56 Å². The van der Waals surface area contributed by atoms with Gasteiger partial charge in [0.05, 0.1) is 35.3 Å². The van der Waals surface area contributed by atoms with Gasteiger partial charge in [0.2, 0.25) is 10.0 Å². The van der Waals surface area contributed by atoms with Crippen LogP contribution in [0, 0.1) is 11.3 Å². The SMILES string of the molecule is CN1CCO[C@@H]2CN(S(=O)(=O)c3ccc(C#N)cc3)C[C@@H]21. The Kier molecular flexibility index (Phi) is 3.71. The molecule has 0 bridgehead atoms. The molecule has 2 saturated heterocycles.